The fraction of sp³-hybridized carbons (Fsp3) is 0.500. The van der Waals surface area contributed by atoms with Crippen LogP contribution in [0.25, 0.3) is 0 Å². The summed E-state index contributed by atoms with van der Waals surface area (Å²) in [5.74, 6) is -0.164. The van der Waals surface area contributed by atoms with Gasteiger partial charge in [0.2, 0.25) is 0 Å². The minimum Gasteiger partial charge on any atom is -0.377 e. The third-order valence-corrected chi connectivity index (χ3v) is 3.21. The van der Waals surface area contributed by atoms with Crippen LogP contribution in [-0.4, -0.2) is 19.3 Å². The van der Waals surface area contributed by atoms with Crippen molar-refractivity contribution in [1.82, 2.24) is 5.32 Å². The van der Waals surface area contributed by atoms with E-state index in [4.69, 9.17) is 4.74 Å². The molecule has 1 saturated heterocycles. The van der Waals surface area contributed by atoms with Crippen molar-refractivity contribution in [1.29, 1.82) is 0 Å². The van der Waals surface area contributed by atoms with Crippen LogP contribution in [0.5, 0.6) is 0 Å². The Bertz CT molecular complexity index is 353. The highest BCUT2D eigenvalue weighted by Gasteiger charge is 2.14. The Labute approximate surface area is 103 Å². The fourth-order valence-electron chi connectivity index (χ4n) is 1.85. The predicted molar refractivity (Wildman–Crippen MR) is 64.8 cm³/mol. The van der Waals surface area contributed by atoms with Crippen molar-refractivity contribution in [3.63, 3.8) is 0 Å². The lowest BCUT2D eigenvalue weighted by Gasteiger charge is -2.11. The van der Waals surface area contributed by atoms with Gasteiger partial charge < -0.3 is 10.1 Å². The van der Waals surface area contributed by atoms with Crippen LogP contribution >= 0.6 is 15.9 Å². The van der Waals surface area contributed by atoms with E-state index < -0.39 is 0 Å². The third-order valence-electron chi connectivity index (χ3n) is 2.72. The van der Waals surface area contributed by atoms with Gasteiger partial charge in [0.15, 0.2) is 0 Å². The van der Waals surface area contributed by atoms with Crippen LogP contribution < -0.4 is 5.32 Å². The van der Waals surface area contributed by atoms with Gasteiger partial charge in [0, 0.05) is 29.7 Å². The van der Waals surface area contributed by atoms with E-state index in [-0.39, 0.29) is 5.82 Å². The van der Waals surface area contributed by atoms with Crippen LogP contribution in [0.15, 0.2) is 22.7 Å². The van der Waals surface area contributed by atoms with E-state index in [1.54, 1.807) is 12.1 Å². The van der Waals surface area contributed by atoms with E-state index in [1.807, 2.05) is 0 Å². The fourth-order valence-corrected chi connectivity index (χ4v) is 2.26. The molecule has 1 atom stereocenters. The number of hydrogen-bond donors (Lipinski definition) is 1. The van der Waals surface area contributed by atoms with E-state index in [1.165, 1.54) is 6.07 Å². The average molecular weight is 288 g/mol. The molecule has 88 valence electrons. The van der Waals surface area contributed by atoms with Gasteiger partial charge in [-0.05, 0) is 31.0 Å². The van der Waals surface area contributed by atoms with Crippen LogP contribution in [0.1, 0.15) is 18.4 Å². The first-order valence-corrected chi connectivity index (χ1v) is 6.31. The van der Waals surface area contributed by atoms with Gasteiger partial charge in [0.25, 0.3) is 0 Å². The Hall–Kier alpha value is -0.450. The molecule has 1 unspecified atom stereocenters. The van der Waals surface area contributed by atoms with Gasteiger partial charge in [-0.3, -0.25) is 0 Å². The van der Waals surface area contributed by atoms with Crippen LogP contribution in [0.2, 0.25) is 0 Å². The van der Waals surface area contributed by atoms with Gasteiger partial charge >= 0.3 is 0 Å². The molecule has 2 nitrogen and oxygen atoms in total. The van der Waals surface area contributed by atoms with Crippen molar-refractivity contribution < 1.29 is 9.13 Å². The summed E-state index contributed by atoms with van der Waals surface area (Å²) in [7, 11) is 0. The quantitative estimate of drug-likeness (QED) is 0.920. The zero-order valence-corrected chi connectivity index (χ0v) is 10.6. The third kappa shape index (κ3) is 3.27. The highest BCUT2D eigenvalue weighted by atomic mass is 79.9. The summed E-state index contributed by atoms with van der Waals surface area (Å²) in [4.78, 5) is 0. The molecule has 0 aliphatic carbocycles. The summed E-state index contributed by atoms with van der Waals surface area (Å²) in [6.45, 7) is 2.20. The zero-order valence-electron chi connectivity index (χ0n) is 9.01. The normalized spacial score (nSPS) is 20.2. The van der Waals surface area contributed by atoms with Crippen molar-refractivity contribution in [2.45, 2.75) is 25.5 Å². The number of hydrogen-bond acceptors (Lipinski definition) is 2. The zero-order chi connectivity index (χ0) is 11.4. The summed E-state index contributed by atoms with van der Waals surface area (Å²) >= 11 is 3.34. The molecule has 0 radical (unpaired) electrons. The van der Waals surface area contributed by atoms with Crippen LogP contribution in [-0.2, 0) is 11.3 Å². The van der Waals surface area contributed by atoms with E-state index in [0.717, 1.165) is 30.5 Å². The van der Waals surface area contributed by atoms with E-state index in [2.05, 4.69) is 21.2 Å². The molecule has 1 aliphatic rings. The van der Waals surface area contributed by atoms with Gasteiger partial charge in [-0.2, -0.15) is 0 Å². The molecular weight excluding hydrogens is 273 g/mol. The summed E-state index contributed by atoms with van der Waals surface area (Å²) in [6, 6.07) is 4.99. The highest BCUT2D eigenvalue weighted by Crippen LogP contribution is 2.16. The van der Waals surface area contributed by atoms with E-state index >= 15 is 0 Å². The van der Waals surface area contributed by atoms with Crippen molar-refractivity contribution in [2.24, 2.45) is 0 Å². The SMILES string of the molecule is Fc1ccc(Br)cc1CNCC1CCCO1. The minimum absolute atomic E-state index is 0.164. The molecule has 1 N–H and O–H groups in total. The van der Waals surface area contributed by atoms with Crippen molar-refractivity contribution in [3.05, 3.63) is 34.1 Å². The molecular formula is C12H15BrFNO. The second-order valence-corrected chi connectivity index (χ2v) is 4.92. The molecule has 0 aromatic heterocycles. The number of ether oxygens (including phenoxy) is 1. The lowest BCUT2D eigenvalue weighted by molar-refractivity contribution is 0.110. The molecule has 1 aromatic carbocycles. The first kappa shape index (κ1) is 12.0. The Kier molecular flexibility index (Phi) is 4.32. The Balaban J connectivity index is 1.82. The van der Waals surface area contributed by atoms with Gasteiger partial charge in [-0.15, -0.1) is 0 Å². The number of halogens is 2. The molecule has 1 heterocycles. The van der Waals surface area contributed by atoms with Crippen LogP contribution in [0.4, 0.5) is 4.39 Å². The Morgan fingerprint density at radius 2 is 2.38 bits per heavy atom. The summed E-state index contributed by atoms with van der Waals surface area (Å²) < 4.78 is 19.8. The van der Waals surface area contributed by atoms with Gasteiger partial charge in [-0.1, -0.05) is 15.9 Å². The molecule has 16 heavy (non-hydrogen) atoms. The Morgan fingerprint density at radius 3 is 3.12 bits per heavy atom. The number of benzene rings is 1. The van der Waals surface area contributed by atoms with Crippen molar-refractivity contribution in [3.8, 4) is 0 Å². The van der Waals surface area contributed by atoms with Gasteiger partial charge in [-0.25, -0.2) is 4.39 Å². The summed E-state index contributed by atoms with van der Waals surface area (Å²) in [5, 5.41) is 3.23. The summed E-state index contributed by atoms with van der Waals surface area (Å²) in [5.41, 5.74) is 0.687. The molecule has 0 spiro atoms. The van der Waals surface area contributed by atoms with E-state index in [9.17, 15) is 4.39 Å². The topological polar surface area (TPSA) is 21.3 Å². The maximum Gasteiger partial charge on any atom is 0.127 e. The molecule has 1 aromatic rings. The summed E-state index contributed by atoms with van der Waals surface area (Å²) in [6.07, 6.45) is 2.54. The molecule has 1 aliphatic heterocycles. The van der Waals surface area contributed by atoms with Gasteiger partial charge in [0.1, 0.15) is 5.82 Å². The number of nitrogens with one attached hydrogen (secondary N) is 1. The van der Waals surface area contributed by atoms with Crippen LogP contribution in [0, 0.1) is 5.82 Å². The predicted octanol–water partition coefficient (Wildman–Crippen LogP) is 2.86. The molecule has 0 saturated carbocycles. The van der Waals surface area contributed by atoms with Gasteiger partial charge in [0.05, 0.1) is 6.10 Å². The maximum absolute atomic E-state index is 13.4. The highest BCUT2D eigenvalue weighted by molar-refractivity contribution is 9.10. The monoisotopic (exact) mass is 287 g/mol. The second-order valence-electron chi connectivity index (χ2n) is 4.00. The molecule has 0 amide bonds. The molecule has 1 fully saturated rings. The lowest BCUT2D eigenvalue weighted by atomic mass is 10.2. The van der Waals surface area contributed by atoms with E-state index in [0.29, 0.717) is 18.2 Å². The minimum atomic E-state index is -0.164. The average Bonchev–Trinajstić information content (AvgIpc) is 2.76. The largest absolute Gasteiger partial charge is 0.377 e. The van der Waals surface area contributed by atoms with Crippen molar-refractivity contribution >= 4 is 15.9 Å². The first-order chi connectivity index (χ1) is 7.75. The lowest BCUT2D eigenvalue weighted by Crippen LogP contribution is -2.26. The molecule has 2 rings (SSSR count). The van der Waals surface area contributed by atoms with Crippen LogP contribution in [0.3, 0.4) is 0 Å². The molecule has 4 heteroatoms. The second kappa shape index (κ2) is 5.75. The maximum atomic E-state index is 13.4. The Morgan fingerprint density at radius 1 is 1.50 bits per heavy atom. The van der Waals surface area contributed by atoms with Crippen molar-refractivity contribution in [2.75, 3.05) is 13.2 Å². The molecule has 0 bridgehead atoms. The smallest absolute Gasteiger partial charge is 0.127 e. The number of rotatable bonds is 4. The standard InChI is InChI=1S/C12H15BrFNO/c13-10-3-4-12(14)9(6-10)7-15-8-11-2-1-5-16-11/h3-4,6,11,15H,1-2,5,7-8H2. The first-order valence-electron chi connectivity index (χ1n) is 5.52.